The second kappa shape index (κ2) is 4.92. The second-order valence-corrected chi connectivity index (χ2v) is 3.03. The monoisotopic (exact) mass is 195 g/mol. The van der Waals surface area contributed by atoms with Crippen molar-refractivity contribution in [3.63, 3.8) is 0 Å². The molecule has 1 aromatic rings. The molecule has 0 bridgehead atoms. The number of benzene rings is 1. The maximum absolute atomic E-state index is 11.3. The van der Waals surface area contributed by atoms with Crippen LogP contribution in [0.4, 0.5) is 0 Å². The van der Waals surface area contributed by atoms with E-state index >= 15 is 0 Å². The molecular formula is C10H13NOS. The summed E-state index contributed by atoms with van der Waals surface area (Å²) < 4.78 is 0. The summed E-state index contributed by atoms with van der Waals surface area (Å²) in [6.07, 6.45) is 0. The molecular weight excluding hydrogens is 182 g/mol. The number of hydrogen-bond donors (Lipinski definition) is 2. The predicted molar refractivity (Wildman–Crippen MR) is 57.1 cm³/mol. The van der Waals surface area contributed by atoms with Gasteiger partial charge in [0, 0.05) is 17.9 Å². The molecule has 0 heterocycles. The van der Waals surface area contributed by atoms with Gasteiger partial charge >= 0.3 is 0 Å². The zero-order chi connectivity index (χ0) is 9.68. The van der Waals surface area contributed by atoms with Gasteiger partial charge in [-0.3, -0.25) is 4.79 Å². The van der Waals surface area contributed by atoms with E-state index in [4.69, 9.17) is 0 Å². The van der Waals surface area contributed by atoms with Crippen molar-refractivity contribution >= 4 is 18.5 Å². The molecule has 1 amide bonds. The van der Waals surface area contributed by atoms with Crippen LogP contribution in [0.2, 0.25) is 0 Å². The van der Waals surface area contributed by atoms with Crippen molar-refractivity contribution in [2.75, 3.05) is 6.54 Å². The SMILES string of the molecule is CCNC(=O)c1ccc(CS)cc1. The van der Waals surface area contributed by atoms with Crippen molar-refractivity contribution in [1.29, 1.82) is 0 Å². The summed E-state index contributed by atoms with van der Waals surface area (Å²) in [4.78, 5) is 11.3. The van der Waals surface area contributed by atoms with E-state index in [1.807, 2.05) is 31.2 Å². The first-order chi connectivity index (χ1) is 6.27. The first-order valence-corrected chi connectivity index (χ1v) is 4.89. The number of nitrogens with one attached hydrogen (secondary N) is 1. The molecule has 0 aromatic heterocycles. The lowest BCUT2D eigenvalue weighted by molar-refractivity contribution is 0.0956. The number of carbonyl (C=O) groups excluding carboxylic acids is 1. The highest BCUT2D eigenvalue weighted by atomic mass is 32.1. The maximum Gasteiger partial charge on any atom is 0.251 e. The van der Waals surface area contributed by atoms with E-state index in [1.54, 1.807) is 0 Å². The molecule has 1 N–H and O–H groups in total. The van der Waals surface area contributed by atoms with Crippen molar-refractivity contribution in [2.45, 2.75) is 12.7 Å². The number of amides is 1. The maximum atomic E-state index is 11.3. The minimum absolute atomic E-state index is 0.0202. The van der Waals surface area contributed by atoms with Crippen LogP contribution in [0.1, 0.15) is 22.8 Å². The third kappa shape index (κ3) is 2.77. The van der Waals surface area contributed by atoms with Crippen molar-refractivity contribution in [1.82, 2.24) is 5.32 Å². The van der Waals surface area contributed by atoms with Crippen LogP contribution in [0, 0.1) is 0 Å². The molecule has 0 saturated carbocycles. The molecule has 0 saturated heterocycles. The van der Waals surface area contributed by atoms with Gasteiger partial charge in [-0.15, -0.1) is 0 Å². The van der Waals surface area contributed by atoms with Gasteiger partial charge in [0.05, 0.1) is 0 Å². The Morgan fingerprint density at radius 1 is 1.38 bits per heavy atom. The number of hydrogen-bond acceptors (Lipinski definition) is 2. The van der Waals surface area contributed by atoms with Crippen molar-refractivity contribution in [3.05, 3.63) is 35.4 Å². The van der Waals surface area contributed by atoms with Crippen LogP contribution in [0.3, 0.4) is 0 Å². The Morgan fingerprint density at radius 3 is 2.46 bits per heavy atom. The summed E-state index contributed by atoms with van der Waals surface area (Å²) in [5.74, 6) is 0.684. The van der Waals surface area contributed by atoms with Gasteiger partial charge in [-0.1, -0.05) is 12.1 Å². The lowest BCUT2D eigenvalue weighted by Crippen LogP contribution is -2.22. The van der Waals surface area contributed by atoms with Gasteiger partial charge in [-0.2, -0.15) is 12.6 Å². The molecule has 0 aliphatic heterocycles. The van der Waals surface area contributed by atoms with Crippen LogP contribution >= 0.6 is 12.6 Å². The number of rotatable bonds is 3. The molecule has 0 atom stereocenters. The van der Waals surface area contributed by atoms with Gasteiger partial charge < -0.3 is 5.32 Å². The molecule has 13 heavy (non-hydrogen) atoms. The molecule has 1 rings (SSSR count). The van der Waals surface area contributed by atoms with Crippen molar-refractivity contribution in [3.8, 4) is 0 Å². The average molecular weight is 195 g/mol. The Hall–Kier alpha value is -0.960. The van der Waals surface area contributed by atoms with Crippen LogP contribution < -0.4 is 5.32 Å². The van der Waals surface area contributed by atoms with E-state index in [9.17, 15) is 4.79 Å². The number of thiol groups is 1. The lowest BCUT2D eigenvalue weighted by atomic mass is 10.1. The Balaban J connectivity index is 2.74. The fourth-order valence-corrected chi connectivity index (χ4v) is 1.23. The minimum atomic E-state index is -0.0202. The third-order valence-electron chi connectivity index (χ3n) is 1.74. The summed E-state index contributed by atoms with van der Waals surface area (Å²) >= 11 is 4.14. The van der Waals surface area contributed by atoms with E-state index < -0.39 is 0 Å². The zero-order valence-electron chi connectivity index (χ0n) is 7.58. The first-order valence-electron chi connectivity index (χ1n) is 4.26. The quantitative estimate of drug-likeness (QED) is 0.708. The Kier molecular flexibility index (Phi) is 3.83. The van der Waals surface area contributed by atoms with E-state index in [2.05, 4.69) is 17.9 Å². The molecule has 0 unspecified atom stereocenters. The van der Waals surface area contributed by atoms with Crippen LogP contribution in [0.5, 0.6) is 0 Å². The predicted octanol–water partition coefficient (Wildman–Crippen LogP) is 1.87. The first kappa shape index (κ1) is 10.1. The van der Waals surface area contributed by atoms with Crippen LogP contribution in [0.15, 0.2) is 24.3 Å². The zero-order valence-corrected chi connectivity index (χ0v) is 8.47. The fraction of sp³-hybridized carbons (Fsp3) is 0.300. The number of carbonyl (C=O) groups is 1. The summed E-state index contributed by atoms with van der Waals surface area (Å²) in [6, 6.07) is 7.46. The average Bonchev–Trinajstić information content (AvgIpc) is 2.18. The van der Waals surface area contributed by atoms with E-state index in [0.29, 0.717) is 17.9 Å². The Bertz CT molecular complexity index is 281. The molecule has 1 aromatic carbocycles. The molecule has 0 aliphatic carbocycles. The summed E-state index contributed by atoms with van der Waals surface area (Å²) in [6.45, 7) is 2.56. The van der Waals surface area contributed by atoms with Gasteiger partial charge in [-0.25, -0.2) is 0 Å². The van der Waals surface area contributed by atoms with Crippen molar-refractivity contribution < 1.29 is 4.79 Å². The normalized spacial score (nSPS) is 9.69. The smallest absolute Gasteiger partial charge is 0.251 e. The highest BCUT2D eigenvalue weighted by molar-refractivity contribution is 7.79. The van der Waals surface area contributed by atoms with Gasteiger partial charge in [-0.05, 0) is 24.6 Å². The van der Waals surface area contributed by atoms with Gasteiger partial charge in [0.25, 0.3) is 5.91 Å². The molecule has 70 valence electrons. The highest BCUT2D eigenvalue weighted by Crippen LogP contribution is 2.06. The fourth-order valence-electron chi connectivity index (χ4n) is 1.02. The molecule has 0 aliphatic rings. The van der Waals surface area contributed by atoms with Crippen molar-refractivity contribution in [2.24, 2.45) is 0 Å². The standard InChI is InChI=1S/C10H13NOS/c1-2-11-10(12)9-5-3-8(7-13)4-6-9/h3-6,13H,2,7H2,1H3,(H,11,12). The third-order valence-corrected chi connectivity index (χ3v) is 2.10. The largest absolute Gasteiger partial charge is 0.352 e. The molecule has 2 nitrogen and oxygen atoms in total. The highest BCUT2D eigenvalue weighted by Gasteiger charge is 2.02. The van der Waals surface area contributed by atoms with Crippen LogP contribution in [-0.4, -0.2) is 12.5 Å². The van der Waals surface area contributed by atoms with E-state index in [0.717, 1.165) is 5.56 Å². The van der Waals surface area contributed by atoms with E-state index in [1.165, 1.54) is 0 Å². The minimum Gasteiger partial charge on any atom is -0.352 e. The summed E-state index contributed by atoms with van der Waals surface area (Å²) in [5, 5.41) is 2.74. The molecule has 3 heteroatoms. The molecule has 0 fully saturated rings. The molecule has 0 spiro atoms. The van der Waals surface area contributed by atoms with Gasteiger partial charge in [0.15, 0.2) is 0 Å². The topological polar surface area (TPSA) is 29.1 Å². The van der Waals surface area contributed by atoms with Gasteiger partial charge in [0.1, 0.15) is 0 Å². The molecule has 0 radical (unpaired) electrons. The summed E-state index contributed by atoms with van der Waals surface area (Å²) in [5.41, 5.74) is 1.82. The Labute approximate surface area is 83.8 Å². The Morgan fingerprint density at radius 2 is 2.00 bits per heavy atom. The van der Waals surface area contributed by atoms with Crippen LogP contribution in [-0.2, 0) is 5.75 Å². The lowest BCUT2D eigenvalue weighted by Gasteiger charge is -2.02. The van der Waals surface area contributed by atoms with Crippen LogP contribution in [0.25, 0.3) is 0 Å². The second-order valence-electron chi connectivity index (χ2n) is 2.71. The summed E-state index contributed by atoms with van der Waals surface area (Å²) in [7, 11) is 0. The van der Waals surface area contributed by atoms with Gasteiger partial charge in [0.2, 0.25) is 0 Å². The van der Waals surface area contributed by atoms with E-state index in [-0.39, 0.29) is 5.91 Å².